The summed E-state index contributed by atoms with van der Waals surface area (Å²) in [6, 6.07) is 16.9. The monoisotopic (exact) mass is 275 g/mol. The van der Waals surface area contributed by atoms with Crippen molar-refractivity contribution in [3.8, 4) is 16.8 Å². The minimum Gasteiger partial charge on any atom is -0.312 e. The fourth-order valence-electron chi connectivity index (χ4n) is 2.94. The summed E-state index contributed by atoms with van der Waals surface area (Å²) in [5.74, 6) is 0. The van der Waals surface area contributed by atoms with E-state index in [9.17, 15) is 0 Å². The molecule has 0 atom stereocenters. The van der Waals surface area contributed by atoms with Crippen molar-refractivity contribution in [3.05, 3.63) is 72.1 Å². The third-order valence-corrected chi connectivity index (χ3v) is 4.06. The Bertz CT molecular complexity index is 759. The molecular weight excluding hydrogens is 258 g/mol. The Labute approximate surface area is 124 Å². The normalized spacial score (nSPS) is 13.9. The summed E-state index contributed by atoms with van der Waals surface area (Å²) in [5, 5.41) is 8.01. The Hall–Kier alpha value is -2.39. The first-order valence-corrected chi connectivity index (χ1v) is 7.34. The standard InChI is InChI=1S/C18H17N3/c1-2-5-14(6-3-1)16-11-20-21(13-16)18-8-4-7-15-9-10-19-12-17(15)18/h1-8,11,13,19H,9-10,12H2. The van der Waals surface area contributed by atoms with E-state index in [2.05, 4.69) is 59.1 Å². The van der Waals surface area contributed by atoms with Gasteiger partial charge in [-0.15, -0.1) is 0 Å². The van der Waals surface area contributed by atoms with Gasteiger partial charge in [0, 0.05) is 18.3 Å². The summed E-state index contributed by atoms with van der Waals surface area (Å²) in [6.07, 6.45) is 5.14. The summed E-state index contributed by atoms with van der Waals surface area (Å²) in [4.78, 5) is 0. The molecule has 3 heteroatoms. The SMILES string of the molecule is c1ccc(-c2cnn(-c3cccc4c3CNCC4)c2)cc1. The lowest BCUT2D eigenvalue weighted by atomic mass is 9.99. The number of hydrogen-bond acceptors (Lipinski definition) is 2. The number of nitrogens with zero attached hydrogens (tertiary/aromatic N) is 2. The highest BCUT2D eigenvalue weighted by molar-refractivity contribution is 5.62. The van der Waals surface area contributed by atoms with Gasteiger partial charge in [-0.05, 0) is 35.7 Å². The van der Waals surface area contributed by atoms with Gasteiger partial charge in [0.2, 0.25) is 0 Å². The first-order chi connectivity index (χ1) is 10.4. The number of hydrogen-bond donors (Lipinski definition) is 1. The molecule has 0 unspecified atom stereocenters. The third kappa shape index (κ3) is 2.26. The predicted molar refractivity (Wildman–Crippen MR) is 84.4 cm³/mol. The molecule has 0 radical (unpaired) electrons. The Balaban J connectivity index is 1.77. The summed E-state index contributed by atoms with van der Waals surface area (Å²) in [5.41, 5.74) is 6.33. The highest BCUT2D eigenvalue weighted by Gasteiger charge is 2.14. The maximum absolute atomic E-state index is 4.56. The summed E-state index contributed by atoms with van der Waals surface area (Å²) in [6.45, 7) is 1.98. The summed E-state index contributed by atoms with van der Waals surface area (Å²) >= 11 is 0. The van der Waals surface area contributed by atoms with Crippen LogP contribution in [0.3, 0.4) is 0 Å². The van der Waals surface area contributed by atoms with E-state index in [1.807, 2.05) is 16.9 Å². The highest BCUT2D eigenvalue weighted by Crippen LogP contribution is 2.24. The van der Waals surface area contributed by atoms with E-state index in [4.69, 9.17) is 0 Å². The number of aromatic nitrogens is 2. The van der Waals surface area contributed by atoms with Gasteiger partial charge in [0.05, 0.1) is 11.9 Å². The molecular formula is C18H17N3. The van der Waals surface area contributed by atoms with Crippen LogP contribution in [0.25, 0.3) is 16.8 Å². The molecule has 1 aliphatic rings. The van der Waals surface area contributed by atoms with Gasteiger partial charge in [-0.2, -0.15) is 5.10 Å². The van der Waals surface area contributed by atoms with Crippen LogP contribution in [0.5, 0.6) is 0 Å². The Morgan fingerprint density at radius 2 is 1.86 bits per heavy atom. The molecule has 1 N–H and O–H groups in total. The van der Waals surface area contributed by atoms with Crippen molar-refractivity contribution in [2.24, 2.45) is 0 Å². The fourth-order valence-corrected chi connectivity index (χ4v) is 2.94. The van der Waals surface area contributed by atoms with Gasteiger partial charge < -0.3 is 5.32 Å². The minimum absolute atomic E-state index is 0.923. The van der Waals surface area contributed by atoms with Crippen molar-refractivity contribution in [2.45, 2.75) is 13.0 Å². The molecule has 0 bridgehead atoms. The van der Waals surface area contributed by atoms with Crippen molar-refractivity contribution in [3.63, 3.8) is 0 Å². The molecule has 4 rings (SSSR count). The van der Waals surface area contributed by atoms with Crippen LogP contribution in [0.15, 0.2) is 60.9 Å². The molecule has 0 saturated heterocycles. The Morgan fingerprint density at radius 3 is 2.76 bits per heavy atom. The smallest absolute Gasteiger partial charge is 0.0693 e. The number of rotatable bonds is 2. The number of nitrogens with one attached hydrogen (secondary N) is 1. The first kappa shape index (κ1) is 12.4. The van der Waals surface area contributed by atoms with Crippen molar-refractivity contribution < 1.29 is 0 Å². The molecule has 0 amide bonds. The van der Waals surface area contributed by atoms with Crippen molar-refractivity contribution in [2.75, 3.05) is 6.54 Å². The summed E-state index contributed by atoms with van der Waals surface area (Å²) < 4.78 is 1.99. The molecule has 3 aromatic rings. The second kappa shape index (κ2) is 5.19. The van der Waals surface area contributed by atoms with Gasteiger partial charge in [0.25, 0.3) is 0 Å². The van der Waals surface area contributed by atoms with Crippen LogP contribution < -0.4 is 5.32 Å². The quantitative estimate of drug-likeness (QED) is 0.778. The average molecular weight is 275 g/mol. The zero-order chi connectivity index (χ0) is 14.1. The van der Waals surface area contributed by atoms with Crippen LogP contribution in [0.1, 0.15) is 11.1 Å². The molecule has 21 heavy (non-hydrogen) atoms. The summed E-state index contributed by atoms with van der Waals surface area (Å²) in [7, 11) is 0. The molecule has 0 fully saturated rings. The van der Waals surface area contributed by atoms with Crippen molar-refractivity contribution >= 4 is 0 Å². The number of benzene rings is 2. The molecule has 0 aliphatic carbocycles. The molecule has 0 spiro atoms. The van der Waals surface area contributed by atoms with E-state index in [0.717, 1.165) is 25.1 Å². The molecule has 2 heterocycles. The highest BCUT2D eigenvalue weighted by atomic mass is 15.3. The molecule has 1 aliphatic heterocycles. The van der Waals surface area contributed by atoms with E-state index in [1.165, 1.54) is 22.4 Å². The van der Waals surface area contributed by atoms with E-state index >= 15 is 0 Å². The average Bonchev–Trinajstić information content (AvgIpc) is 3.05. The van der Waals surface area contributed by atoms with Crippen LogP contribution >= 0.6 is 0 Å². The van der Waals surface area contributed by atoms with E-state index < -0.39 is 0 Å². The molecule has 0 saturated carbocycles. The minimum atomic E-state index is 0.923. The lowest BCUT2D eigenvalue weighted by Crippen LogP contribution is -2.25. The van der Waals surface area contributed by atoms with Crippen LogP contribution in [0.4, 0.5) is 0 Å². The number of fused-ring (bicyclic) bond motifs is 1. The zero-order valence-electron chi connectivity index (χ0n) is 11.8. The van der Waals surface area contributed by atoms with Crippen LogP contribution in [-0.4, -0.2) is 16.3 Å². The van der Waals surface area contributed by atoms with Crippen LogP contribution in [-0.2, 0) is 13.0 Å². The molecule has 1 aromatic heterocycles. The van der Waals surface area contributed by atoms with E-state index in [0.29, 0.717) is 0 Å². The topological polar surface area (TPSA) is 29.9 Å². The van der Waals surface area contributed by atoms with Gasteiger partial charge in [0.1, 0.15) is 0 Å². The fraction of sp³-hybridized carbons (Fsp3) is 0.167. The Morgan fingerprint density at radius 1 is 0.952 bits per heavy atom. The van der Waals surface area contributed by atoms with Gasteiger partial charge in [-0.3, -0.25) is 0 Å². The van der Waals surface area contributed by atoms with Crippen molar-refractivity contribution in [1.29, 1.82) is 0 Å². The lowest BCUT2D eigenvalue weighted by Gasteiger charge is -2.20. The second-order valence-electron chi connectivity index (χ2n) is 5.38. The maximum Gasteiger partial charge on any atom is 0.0693 e. The molecule has 3 nitrogen and oxygen atoms in total. The maximum atomic E-state index is 4.56. The third-order valence-electron chi connectivity index (χ3n) is 4.06. The van der Waals surface area contributed by atoms with Crippen molar-refractivity contribution in [1.82, 2.24) is 15.1 Å². The van der Waals surface area contributed by atoms with Crippen LogP contribution in [0, 0.1) is 0 Å². The predicted octanol–water partition coefficient (Wildman–Crippen LogP) is 3.19. The van der Waals surface area contributed by atoms with Gasteiger partial charge in [-0.1, -0.05) is 42.5 Å². The van der Waals surface area contributed by atoms with Crippen LogP contribution in [0.2, 0.25) is 0 Å². The molecule has 2 aromatic carbocycles. The largest absolute Gasteiger partial charge is 0.312 e. The molecule has 104 valence electrons. The van der Waals surface area contributed by atoms with E-state index in [-0.39, 0.29) is 0 Å². The second-order valence-corrected chi connectivity index (χ2v) is 5.38. The zero-order valence-corrected chi connectivity index (χ0v) is 11.8. The van der Waals surface area contributed by atoms with Gasteiger partial charge in [-0.25, -0.2) is 4.68 Å². The Kier molecular flexibility index (Phi) is 3.05. The van der Waals surface area contributed by atoms with Gasteiger partial charge in [0.15, 0.2) is 0 Å². The van der Waals surface area contributed by atoms with Gasteiger partial charge >= 0.3 is 0 Å². The lowest BCUT2D eigenvalue weighted by molar-refractivity contribution is 0.637. The van der Waals surface area contributed by atoms with E-state index in [1.54, 1.807) is 0 Å². The first-order valence-electron chi connectivity index (χ1n) is 7.34.